The molecule has 1 amide bonds. The fourth-order valence-electron chi connectivity index (χ4n) is 2.50. The Morgan fingerprint density at radius 1 is 1.35 bits per heavy atom. The van der Waals surface area contributed by atoms with Gasteiger partial charge in [-0.05, 0) is 36.1 Å². The third-order valence-electron chi connectivity index (χ3n) is 3.67. The average Bonchev–Trinajstić information content (AvgIpc) is 3.17. The van der Waals surface area contributed by atoms with Crippen molar-refractivity contribution in [3.05, 3.63) is 47.7 Å². The van der Waals surface area contributed by atoms with E-state index >= 15 is 0 Å². The topological polar surface area (TPSA) is 84.2 Å². The standard InChI is InChI=1S/C15H13F2N3O3/c16-8-1-2-12(17)10(5-8)9-6-11(9)15(23)18-13-3-4-20(19-13)7-14(21)22/h1-5,9,11H,6-7H2,(H,21,22)(H,18,19,23)/t9-,11+/m1/s1. The van der Waals surface area contributed by atoms with E-state index in [0.717, 1.165) is 18.2 Å². The molecule has 8 heteroatoms. The lowest BCUT2D eigenvalue weighted by atomic mass is 10.1. The number of amides is 1. The van der Waals surface area contributed by atoms with Gasteiger partial charge in [-0.3, -0.25) is 14.3 Å². The van der Waals surface area contributed by atoms with Crippen LogP contribution in [0.2, 0.25) is 0 Å². The highest BCUT2D eigenvalue weighted by Gasteiger charge is 2.45. The zero-order chi connectivity index (χ0) is 16.6. The van der Waals surface area contributed by atoms with Gasteiger partial charge in [0, 0.05) is 18.2 Å². The zero-order valence-corrected chi connectivity index (χ0v) is 11.9. The number of hydrogen-bond acceptors (Lipinski definition) is 3. The van der Waals surface area contributed by atoms with Crippen LogP contribution in [0, 0.1) is 17.6 Å². The lowest BCUT2D eigenvalue weighted by Gasteiger charge is -2.04. The maximum Gasteiger partial charge on any atom is 0.325 e. The molecule has 0 spiro atoms. The summed E-state index contributed by atoms with van der Waals surface area (Å²) in [6.07, 6.45) is 1.86. The molecule has 1 aliphatic carbocycles. The van der Waals surface area contributed by atoms with Gasteiger partial charge in [-0.15, -0.1) is 0 Å². The number of rotatable bonds is 5. The van der Waals surface area contributed by atoms with Crippen molar-refractivity contribution in [1.29, 1.82) is 0 Å². The third kappa shape index (κ3) is 3.36. The molecule has 2 atom stereocenters. The maximum absolute atomic E-state index is 13.7. The Bertz CT molecular complexity index is 775. The molecule has 0 bridgehead atoms. The van der Waals surface area contributed by atoms with Crippen molar-refractivity contribution in [2.75, 3.05) is 5.32 Å². The summed E-state index contributed by atoms with van der Waals surface area (Å²) in [5.74, 6) is -3.05. The first-order chi connectivity index (χ1) is 10.9. The minimum Gasteiger partial charge on any atom is -0.480 e. The smallest absolute Gasteiger partial charge is 0.325 e. The zero-order valence-electron chi connectivity index (χ0n) is 11.9. The summed E-state index contributed by atoms with van der Waals surface area (Å²) in [4.78, 5) is 22.7. The highest BCUT2D eigenvalue weighted by molar-refractivity contribution is 5.94. The first kappa shape index (κ1) is 15.1. The number of carbonyl (C=O) groups excluding carboxylic acids is 1. The van der Waals surface area contributed by atoms with Crippen LogP contribution in [0.25, 0.3) is 0 Å². The van der Waals surface area contributed by atoms with Crippen LogP contribution in [0.3, 0.4) is 0 Å². The van der Waals surface area contributed by atoms with Crippen LogP contribution in [-0.2, 0) is 16.1 Å². The number of halogens is 2. The number of benzene rings is 1. The van der Waals surface area contributed by atoms with Gasteiger partial charge in [-0.2, -0.15) is 5.10 Å². The molecule has 1 aromatic heterocycles. The predicted octanol–water partition coefficient (Wildman–Crippen LogP) is 1.99. The van der Waals surface area contributed by atoms with Crippen molar-refractivity contribution in [1.82, 2.24) is 9.78 Å². The van der Waals surface area contributed by atoms with Gasteiger partial charge in [0.15, 0.2) is 5.82 Å². The number of nitrogens with one attached hydrogen (secondary N) is 1. The second-order valence-corrected chi connectivity index (χ2v) is 5.40. The Morgan fingerprint density at radius 3 is 2.87 bits per heavy atom. The van der Waals surface area contributed by atoms with Crippen molar-refractivity contribution in [3.8, 4) is 0 Å². The van der Waals surface area contributed by atoms with Crippen LogP contribution in [0.4, 0.5) is 14.6 Å². The van der Waals surface area contributed by atoms with Gasteiger partial charge >= 0.3 is 5.97 Å². The van der Waals surface area contributed by atoms with Crippen molar-refractivity contribution < 1.29 is 23.5 Å². The Balaban J connectivity index is 1.63. The number of carbonyl (C=O) groups is 2. The SMILES string of the molecule is O=C(O)Cn1ccc(NC(=O)[C@H]2C[C@@H]2c2cc(F)ccc2F)n1. The molecular formula is C15H13F2N3O3. The molecule has 0 radical (unpaired) electrons. The van der Waals surface area contributed by atoms with Crippen LogP contribution < -0.4 is 5.32 Å². The lowest BCUT2D eigenvalue weighted by molar-refractivity contribution is -0.137. The maximum atomic E-state index is 13.7. The van der Waals surface area contributed by atoms with Crippen LogP contribution in [0.1, 0.15) is 17.9 Å². The second kappa shape index (κ2) is 5.79. The molecule has 0 saturated heterocycles. The predicted molar refractivity (Wildman–Crippen MR) is 75.7 cm³/mol. The minimum absolute atomic E-state index is 0.196. The summed E-state index contributed by atoms with van der Waals surface area (Å²) in [5, 5.41) is 15.1. The van der Waals surface area contributed by atoms with Crippen LogP contribution >= 0.6 is 0 Å². The number of carboxylic acid groups (broad SMARTS) is 1. The summed E-state index contributed by atoms with van der Waals surface area (Å²) in [6, 6.07) is 4.66. The van der Waals surface area contributed by atoms with E-state index in [1.54, 1.807) is 0 Å². The van der Waals surface area contributed by atoms with Crippen molar-refractivity contribution in [3.63, 3.8) is 0 Å². The van der Waals surface area contributed by atoms with E-state index in [1.807, 2.05) is 0 Å². The second-order valence-electron chi connectivity index (χ2n) is 5.40. The third-order valence-corrected chi connectivity index (χ3v) is 3.67. The molecule has 3 rings (SSSR count). The molecule has 2 N–H and O–H groups in total. The summed E-state index contributed by atoms with van der Waals surface area (Å²) in [7, 11) is 0. The fraction of sp³-hybridized carbons (Fsp3) is 0.267. The van der Waals surface area contributed by atoms with Gasteiger partial charge in [0.2, 0.25) is 5.91 Å². The number of anilines is 1. The molecular weight excluding hydrogens is 308 g/mol. The van der Waals surface area contributed by atoms with E-state index in [2.05, 4.69) is 10.4 Å². The first-order valence-electron chi connectivity index (χ1n) is 6.95. The van der Waals surface area contributed by atoms with Crippen LogP contribution in [-0.4, -0.2) is 26.8 Å². The summed E-state index contributed by atoms with van der Waals surface area (Å²) >= 11 is 0. The Hall–Kier alpha value is -2.77. The van der Waals surface area contributed by atoms with E-state index in [0.29, 0.717) is 6.42 Å². The molecule has 6 nitrogen and oxygen atoms in total. The van der Waals surface area contributed by atoms with E-state index in [1.165, 1.54) is 16.9 Å². The molecule has 2 aromatic rings. The number of aromatic nitrogens is 2. The Morgan fingerprint density at radius 2 is 2.13 bits per heavy atom. The molecule has 0 aliphatic heterocycles. The van der Waals surface area contributed by atoms with E-state index in [4.69, 9.17) is 5.11 Å². The van der Waals surface area contributed by atoms with Gasteiger partial charge in [0.25, 0.3) is 0 Å². The number of aliphatic carboxylic acids is 1. The van der Waals surface area contributed by atoms with Gasteiger partial charge < -0.3 is 10.4 Å². The van der Waals surface area contributed by atoms with Gasteiger partial charge in [0.1, 0.15) is 18.2 Å². The molecule has 1 saturated carbocycles. The largest absolute Gasteiger partial charge is 0.480 e. The summed E-state index contributed by atoms with van der Waals surface area (Å²) in [5.41, 5.74) is 0.196. The normalized spacial score (nSPS) is 19.4. The summed E-state index contributed by atoms with van der Waals surface area (Å²) in [6.45, 7) is -0.309. The van der Waals surface area contributed by atoms with Crippen molar-refractivity contribution >= 4 is 17.7 Å². The number of carboxylic acids is 1. The van der Waals surface area contributed by atoms with E-state index < -0.39 is 23.5 Å². The number of hydrogen-bond donors (Lipinski definition) is 2. The molecule has 1 fully saturated rings. The van der Waals surface area contributed by atoms with Crippen molar-refractivity contribution in [2.24, 2.45) is 5.92 Å². The molecule has 1 aromatic carbocycles. The van der Waals surface area contributed by atoms with Gasteiger partial charge in [-0.25, -0.2) is 8.78 Å². The minimum atomic E-state index is -1.05. The Kier molecular flexibility index (Phi) is 3.81. The fourth-order valence-corrected chi connectivity index (χ4v) is 2.50. The highest BCUT2D eigenvalue weighted by atomic mass is 19.1. The quantitative estimate of drug-likeness (QED) is 0.882. The lowest BCUT2D eigenvalue weighted by Crippen LogP contribution is -2.16. The first-order valence-corrected chi connectivity index (χ1v) is 6.95. The molecule has 120 valence electrons. The Labute approximate surface area is 129 Å². The van der Waals surface area contributed by atoms with E-state index in [-0.39, 0.29) is 29.8 Å². The molecule has 1 heterocycles. The highest BCUT2D eigenvalue weighted by Crippen LogP contribution is 2.48. The van der Waals surface area contributed by atoms with Crippen LogP contribution in [0.5, 0.6) is 0 Å². The molecule has 1 aliphatic rings. The van der Waals surface area contributed by atoms with E-state index in [9.17, 15) is 18.4 Å². The monoisotopic (exact) mass is 321 g/mol. The summed E-state index contributed by atoms with van der Waals surface area (Å²) < 4.78 is 28.0. The van der Waals surface area contributed by atoms with Gasteiger partial charge in [-0.1, -0.05) is 0 Å². The average molecular weight is 321 g/mol. The number of nitrogens with zero attached hydrogens (tertiary/aromatic N) is 2. The molecule has 23 heavy (non-hydrogen) atoms. The molecule has 0 unspecified atom stereocenters. The van der Waals surface area contributed by atoms with Crippen molar-refractivity contribution in [2.45, 2.75) is 18.9 Å². The van der Waals surface area contributed by atoms with Crippen LogP contribution in [0.15, 0.2) is 30.5 Å². The van der Waals surface area contributed by atoms with Gasteiger partial charge in [0.05, 0.1) is 0 Å².